The topological polar surface area (TPSA) is 79.5 Å². The van der Waals surface area contributed by atoms with Crippen LogP contribution in [-0.4, -0.2) is 24.0 Å². The van der Waals surface area contributed by atoms with Gasteiger partial charge < -0.3 is 16.4 Å². The Bertz CT molecular complexity index is 468. The van der Waals surface area contributed by atoms with Crippen molar-refractivity contribution >= 4 is 41.5 Å². The molecule has 0 bridgehead atoms. The first-order valence-electron chi connectivity index (χ1n) is 5.90. The number of nitrogens with two attached hydrogens (primary N) is 1. The minimum atomic E-state index is -0.352. The van der Waals surface area contributed by atoms with E-state index in [1.807, 2.05) is 20.8 Å². The maximum atomic E-state index is 12.7. The summed E-state index contributed by atoms with van der Waals surface area (Å²) in [5.41, 5.74) is 5.94. The summed E-state index contributed by atoms with van der Waals surface area (Å²) in [4.78, 5) is 15.5. The van der Waals surface area contributed by atoms with Crippen LogP contribution in [0.4, 0.5) is 10.1 Å². The lowest BCUT2D eigenvalue weighted by Gasteiger charge is -2.20. The first kappa shape index (κ1) is 18.6. The van der Waals surface area contributed by atoms with Gasteiger partial charge in [-0.3, -0.25) is 4.79 Å². The molecule has 4 N–H and O–H groups in total. The number of carbonyl (C=O) groups is 1. The number of anilines is 1. The highest BCUT2D eigenvalue weighted by Crippen LogP contribution is 2.07. The minimum absolute atomic E-state index is 0. The zero-order valence-electron chi connectivity index (χ0n) is 11.7. The van der Waals surface area contributed by atoms with Crippen molar-refractivity contribution in [1.82, 2.24) is 5.32 Å². The average molecular weight is 394 g/mol. The molecule has 0 fully saturated rings. The van der Waals surface area contributed by atoms with Gasteiger partial charge in [0.25, 0.3) is 0 Å². The lowest BCUT2D eigenvalue weighted by molar-refractivity contribution is -0.114. The monoisotopic (exact) mass is 394 g/mol. The number of nitrogens with zero attached hydrogens (tertiary/aromatic N) is 1. The summed E-state index contributed by atoms with van der Waals surface area (Å²) in [6, 6.07) is 5.50. The van der Waals surface area contributed by atoms with Crippen LogP contribution >= 0.6 is 24.0 Å². The first-order chi connectivity index (χ1) is 8.76. The van der Waals surface area contributed by atoms with Crippen molar-refractivity contribution in [1.29, 1.82) is 0 Å². The van der Waals surface area contributed by atoms with Crippen molar-refractivity contribution < 1.29 is 9.18 Å². The fraction of sp³-hybridized carbons (Fsp3) is 0.385. The molecular formula is C13H20FIN4O. The third kappa shape index (κ3) is 7.93. The highest BCUT2D eigenvalue weighted by Gasteiger charge is 2.10. The fourth-order valence-corrected chi connectivity index (χ4v) is 1.31. The van der Waals surface area contributed by atoms with Gasteiger partial charge in [0.15, 0.2) is 5.96 Å². The van der Waals surface area contributed by atoms with Gasteiger partial charge in [0, 0.05) is 11.2 Å². The molecular weight excluding hydrogens is 374 g/mol. The second kappa shape index (κ2) is 8.03. The summed E-state index contributed by atoms with van der Waals surface area (Å²) in [7, 11) is 0. The maximum Gasteiger partial charge on any atom is 0.246 e. The van der Waals surface area contributed by atoms with Gasteiger partial charge in [-0.2, -0.15) is 0 Å². The Morgan fingerprint density at radius 2 is 1.85 bits per heavy atom. The average Bonchev–Trinajstić information content (AvgIpc) is 2.27. The molecule has 0 radical (unpaired) electrons. The van der Waals surface area contributed by atoms with Crippen LogP contribution in [-0.2, 0) is 4.79 Å². The van der Waals surface area contributed by atoms with Gasteiger partial charge in [-0.25, -0.2) is 9.38 Å². The van der Waals surface area contributed by atoms with Gasteiger partial charge in [0.05, 0.1) is 0 Å². The number of hydrogen-bond donors (Lipinski definition) is 3. The van der Waals surface area contributed by atoms with Crippen LogP contribution in [0.5, 0.6) is 0 Å². The van der Waals surface area contributed by atoms with E-state index in [1.54, 1.807) is 0 Å². The van der Waals surface area contributed by atoms with Crippen molar-refractivity contribution in [2.45, 2.75) is 26.3 Å². The molecule has 0 aliphatic rings. The molecule has 0 aliphatic heterocycles. The van der Waals surface area contributed by atoms with E-state index in [0.29, 0.717) is 5.69 Å². The van der Waals surface area contributed by atoms with E-state index < -0.39 is 0 Å². The molecule has 7 heteroatoms. The SMILES string of the molecule is CC(C)(C)NC(N)=NCC(=O)Nc1ccc(F)cc1.I. The zero-order chi connectivity index (χ0) is 14.5. The second-order valence-corrected chi connectivity index (χ2v) is 5.13. The molecule has 0 spiro atoms. The molecule has 0 aliphatic carbocycles. The smallest absolute Gasteiger partial charge is 0.246 e. The van der Waals surface area contributed by atoms with Gasteiger partial charge in [-0.15, -0.1) is 24.0 Å². The third-order valence-electron chi connectivity index (χ3n) is 2.02. The Labute approximate surface area is 135 Å². The molecule has 0 saturated carbocycles. The molecule has 0 aromatic heterocycles. The van der Waals surface area contributed by atoms with Crippen LogP contribution in [0.1, 0.15) is 20.8 Å². The Hall–Kier alpha value is -1.38. The summed E-state index contributed by atoms with van der Waals surface area (Å²) in [6.45, 7) is 5.72. The summed E-state index contributed by atoms with van der Waals surface area (Å²) in [5, 5.41) is 5.54. The molecule has 1 rings (SSSR count). The Kier molecular flexibility index (Phi) is 7.48. The Morgan fingerprint density at radius 3 is 2.35 bits per heavy atom. The van der Waals surface area contributed by atoms with Crippen LogP contribution in [0, 0.1) is 5.82 Å². The molecule has 0 saturated heterocycles. The lowest BCUT2D eigenvalue weighted by Crippen LogP contribution is -2.45. The van der Waals surface area contributed by atoms with E-state index in [4.69, 9.17) is 5.73 Å². The van der Waals surface area contributed by atoms with Crippen molar-refractivity contribution in [3.63, 3.8) is 0 Å². The predicted molar refractivity (Wildman–Crippen MR) is 89.8 cm³/mol. The summed E-state index contributed by atoms with van der Waals surface area (Å²) < 4.78 is 12.7. The minimum Gasteiger partial charge on any atom is -0.370 e. The third-order valence-corrected chi connectivity index (χ3v) is 2.02. The van der Waals surface area contributed by atoms with Crippen LogP contribution in [0.25, 0.3) is 0 Å². The van der Waals surface area contributed by atoms with E-state index in [9.17, 15) is 9.18 Å². The number of aliphatic imine (C=N–C) groups is 1. The molecule has 1 aromatic rings. The highest BCUT2D eigenvalue weighted by atomic mass is 127. The Balaban J connectivity index is 0.00000361. The molecule has 0 atom stereocenters. The lowest BCUT2D eigenvalue weighted by atomic mass is 10.1. The first-order valence-corrected chi connectivity index (χ1v) is 5.90. The van der Waals surface area contributed by atoms with Crippen molar-refractivity contribution in [3.05, 3.63) is 30.1 Å². The highest BCUT2D eigenvalue weighted by molar-refractivity contribution is 14.0. The Morgan fingerprint density at radius 1 is 1.30 bits per heavy atom. The fourth-order valence-electron chi connectivity index (χ4n) is 1.31. The largest absolute Gasteiger partial charge is 0.370 e. The van der Waals surface area contributed by atoms with E-state index in [-0.39, 0.29) is 53.7 Å². The van der Waals surface area contributed by atoms with E-state index in [1.165, 1.54) is 24.3 Å². The van der Waals surface area contributed by atoms with E-state index in [0.717, 1.165) is 0 Å². The molecule has 1 amide bonds. The van der Waals surface area contributed by atoms with Crippen molar-refractivity contribution in [3.8, 4) is 0 Å². The van der Waals surface area contributed by atoms with Crippen LogP contribution in [0.2, 0.25) is 0 Å². The molecule has 1 aromatic carbocycles. The van der Waals surface area contributed by atoms with Crippen molar-refractivity contribution in [2.24, 2.45) is 10.7 Å². The number of amides is 1. The van der Waals surface area contributed by atoms with Crippen LogP contribution in [0.15, 0.2) is 29.3 Å². The number of guanidine groups is 1. The van der Waals surface area contributed by atoms with Crippen LogP contribution < -0.4 is 16.4 Å². The molecule has 20 heavy (non-hydrogen) atoms. The van der Waals surface area contributed by atoms with Gasteiger partial charge in [0.1, 0.15) is 12.4 Å². The number of rotatable bonds is 3. The number of benzene rings is 1. The number of halogens is 2. The van der Waals surface area contributed by atoms with E-state index >= 15 is 0 Å². The van der Waals surface area contributed by atoms with Gasteiger partial charge >= 0.3 is 0 Å². The van der Waals surface area contributed by atoms with Gasteiger partial charge in [-0.1, -0.05) is 0 Å². The zero-order valence-corrected chi connectivity index (χ0v) is 14.1. The standard InChI is InChI=1S/C13H19FN4O.HI/c1-13(2,3)18-12(15)16-8-11(19)17-10-6-4-9(14)5-7-10;/h4-7H,8H2,1-3H3,(H,17,19)(H3,15,16,18);1H. The van der Waals surface area contributed by atoms with Crippen molar-refractivity contribution in [2.75, 3.05) is 11.9 Å². The predicted octanol–water partition coefficient (Wildman–Crippen LogP) is 2.09. The van der Waals surface area contributed by atoms with E-state index in [2.05, 4.69) is 15.6 Å². The molecule has 0 unspecified atom stereocenters. The van der Waals surface area contributed by atoms with Gasteiger partial charge in [-0.05, 0) is 45.0 Å². The van der Waals surface area contributed by atoms with Gasteiger partial charge in [0.2, 0.25) is 5.91 Å². The number of nitrogens with one attached hydrogen (secondary N) is 2. The maximum absolute atomic E-state index is 12.7. The number of carbonyl (C=O) groups excluding carboxylic acids is 1. The summed E-state index contributed by atoms with van der Waals surface area (Å²) >= 11 is 0. The summed E-state index contributed by atoms with van der Waals surface area (Å²) in [5.74, 6) is -0.457. The molecule has 0 heterocycles. The number of hydrogen-bond acceptors (Lipinski definition) is 2. The van der Waals surface area contributed by atoms with Crippen LogP contribution in [0.3, 0.4) is 0 Å². The quantitative estimate of drug-likeness (QED) is 0.417. The second-order valence-electron chi connectivity index (χ2n) is 5.13. The summed E-state index contributed by atoms with van der Waals surface area (Å²) in [6.07, 6.45) is 0. The molecule has 112 valence electrons. The molecule has 5 nitrogen and oxygen atoms in total. The normalized spacial score (nSPS) is 11.5.